The maximum Gasteiger partial charge on any atom is 0.430 e. The van der Waals surface area contributed by atoms with Crippen molar-refractivity contribution in [1.29, 1.82) is 0 Å². The molecule has 0 unspecified atom stereocenters. The Morgan fingerprint density at radius 2 is 0.983 bits per heavy atom. The molecular formula is C34H35F12N5O6S. The minimum Gasteiger partial charge on any atom is -0.369 e. The fourth-order valence-corrected chi connectivity index (χ4v) is 7.56. The van der Waals surface area contributed by atoms with Crippen LogP contribution in [0.15, 0.2) is 77.7 Å². The van der Waals surface area contributed by atoms with E-state index in [1.54, 1.807) is 4.90 Å². The molecule has 0 bridgehead atoms. The second-order valence-corrected chi connectivity index (χ2v) is 15.2. The van der Waals surface area contributed by atoms with Crippen LogP contribution in [-0.2, 0) is 34.3 Å². The molecule has 58 heavy (non-hydrogen) atoms. The Balaban J connectivity index is 0.000000280. The molecule has 2 fully saturated rings. The quantitative estimate of drug-likeness (QED) is 0.138. The molecule has 2 aliphatic rings. The number of non-ortho nitro benzene ring substituents is 1. The Morgan fingerprint density at radius 1 is 0.603 bits per heavy atom. The molecule has 3 aromatic carbocycles. The van der Waals surface area contributed by atoms with Gasteiger partial charge in [-0.1, -0.05) is 54.6 Å². The molecule has 24 heteroatoms. The lowest BCUT2D eigenvalue weighted by atomic mass is 9.91. The van der Waals surface area contributed by atoms with Crippen LogP contribution in [0.4, 0.5) is 58.4 Å². The number of alkyl halides is 12. The van der Waals surface area contributed by atoms with E-state index in [9.17, 15) is 81.4 Å². The third kappa shape index (κ3) is 10.0. The first-order valence-corrected chi connectivity index (χ1v) is 18.4. The molecule has 0 saturated carbocycles. The zero-order chi connectivity index (χ0) is 43.5. The molecule has 0 spiro atoms. The van der Waals surface area contributed by atoms with Gasteiger partial charge in [0, 0.05) is 88.7 Å². The largest absolute Gasteiger partial charge is 0.430 e. The number of hydrogen-bond donors (Lipinski definition) is 3. The standard InChI is InChI=1S/C20H19F6N3O5S.C14H16F6N2O/c21-19(22,23)18(30,20(24,25)26)15-6-4-14(5-7-15)13-27-8-10-28(11-9-27)35(33,34)17-3-1-2-16(12-17)29(31)32;15-13(16,17)12(23,14(18,19)20)11-3-1-10(2-4-11)9-22-7-5-21-6-8-22/h1-7,12,30H,8-11,13H2;1-4,21,23H,5-9H2. The van der Waals surface area contributed by atoms with Gasteiger partial charge in [-0.15, -0.1) is 0 Å². The number of nitro benzene ring substituents is 1. The lowest BCUT2D eigenvalue weighted by Gasteiger charge is -2.34. The zero-order valence-corrected chi connectivity index (χ0v) is 30.6. The normalized spacial score (nSPS) is 17.4. The summed E-state index contributed by atoms with van der Waals surface area (Å²) in [6, 6.07) is 11.5. The van der Waals surface area contributed by atoms with Crippen molar-refractivity contribution in [3.63, 3.8) is 0 Å². The van der Waals surface area contributed by atoms with E-state index < -0.39 is 62.0 Å². The molecule has 0 radical (unpaired) electrons. The van der Waals surface area contributed by atoms with Gasteiger partial charge in [-0.2, -0.15) is 57.0 Å². The fraction of sp³-hybridized carbons (Fsp3) is 0.471. The maximum absolute atomic E-state index is 13.0. The Labute approximate surface area is 322 Å². The number of nitro groups is 1. The first-order chi connectivity index (χ1) is 26.6. The number of nitrogens with zero attached hydrogens (tertiary/aromatic N) is 4. The molecule has 11 nitrogen and oxygen atoms in total. The third-order valence-corrected chi connectivity index (χ3v) is 11.3. The molecule has 0 amide bonds. The van der Waals surface area contributed by atoms with Gasteiger partial charge in [0.25, 0.3) is 16.9 Å². The molecule has 5 rings (SSSR count). The predicted molar refractivity (Wildman–Crippen MR) is 180 cm³/mol. The molecule has 0 aliphatic carbocycles. The van der Waals surface area contributed by atoms with E-state index in [4.69, 9.17) is 0 Å². The number of hydrogen-bond acceptors (Lipinski definition) is 9. The van der Waals surface area contributed by atoms with E-state index in [-0.39, 0.29) is 43.3 Å². The molecule has 3 aromatic rings. The van der Waals surface area contributed by atoms with Crippen LogP contribution in [0.25, 0.3) is 0 Å². The Kier molecular flexibility index (Phi) is 13.9. The van der Waals surface area contributed by atoms with E-state index in [2.05, 4.69) is 5.32 Å². The number of rotatable bonds is 9. The van der Waals surface area contributed by atoms with Crippen molar-refractivity contribution < 1.29 is 76.2 Å². The van der Waals surface area contributed by atoms with Crippen molar-refractivity contribution >= 4 is 15.7 Å². The van der Waals surface area contributed by atoms with Crippen molar-refractivity contribution in [2.45, 2.75) is 53.9 Å². The highest BCUT2D eigenvalue weighted by Gasteiger charge is 2.72. The molecule has 2 aliphatic heterocycles. The van der Waals surface area contributed by atoms with Crippen molar-refractivity contribution in [1.82, 2.24) is 19.4 Å². The van der Waals surface area contributed by atoms with E-state index in [0.717, 1.165) is 54.7 Å². The van der Waals surface area contributed by atoms with Crippen molar-refractivity contribution in [2.75, 3.05) is 52.4 Å². The van der Waals surface area contributed by atoms with E-state index in [1.807, 2.05) is 4.90 Å². The topological polar surface area (TPSA) is 139 Å². The minimum absolute atomic E-state index is 0.0189. The number of sulfonamides is 1. The highest BCUT2D eigenvalue weighted by molar-refractivity contribution is 7.89. The van der Waals surface area contributed by atoms with Crippen LogP contribution in [0, 0.1) is 10.1 Å². The van der Waals surface area contributed by atoms with Crippen molar-refractivity contribution in [2.24, 2.45) is 0 Å². The van der Waals surface area contributed by atoms with Crippen LogP contribution in [0.2, 0.25) is 0 Å². The molecule has 2 saturated heterocycles. The second-order valence-electron chi connectivity index (χ2n) is 13.3. The summed E-state index contributed by atoms with van der Waals surface area (Å²) in [5.41, 5.74) is -11.9. The van der Waals surface area contributed by atoms with Crippen LogP contribution < -0.4 is 5.32 Å². The SMILES string of the molecule is O=[N+]([O-])c1cccc(S(=O)(=O)N2CCN(Cc3ccc(C(O)(C(F)(F)F)C(F)(F)F)cc3)CC2)c1.OC(c1ccc(CN2CCNCC2)cc1)(C(F)(F)F)C(F)(F)F. The van der Waals surface area contributed by atoms with E-state index in [1.165, 1.54) is 24.3 Å². The zero-order valence-electron chi connectivity index (χ0n) is 29.8. The lowest BCUT2D eigenvalue weighted by Crippen LogP contribution is -2.53. The molecule has 0 aromatic heterocycles. The minimum atomic E-state index is -5.98. The highest BCUT2D eigenvalue weighted by Crippen LogP contribution is 2.51. The van der Waals surface area contributed by atoms with E-state index >= 15 is 0 Å². The van der Waals surface area contributed by atoms with Gasteiger partial charge >= 0.3 is 24.7 Å². The summed E-state index contributed by atoms with van der Waals surface area (Å²) in [6.45, 7) is 4.03. The number of aliphatic hydroxyl groups is 2. The van der Waals surface area contributed by atoms with Crippen molar-refractivity contribution in [3.8, 4) is 0 Å². The summed E-state index contributed by atoms with van der Waals surface area (Å²) in [6.07, 6.45) is -23.7. The van der Waals surface area contributed by atoms with E-state index in [0.29, 0.717) is 41.9 Å². The Bertz CT molecular complexity index is 1930. The predicted octanol–water partition coefficient (Wildman–Crippen LogP) is 5.82. The van der Waals surface area contributed by atoms with Gasteiger partial charge in [0.1, 0.15) is 0 Å². The summed E-state index contributed by atoms with van der Waals surface area (Å²) in [4.78, 5) is 13.7. The molecule has 3 N–H and O–H groups in total. The number of benzene rings is 3. The van der Waals surface area contributed by atoms with Gasteiger partial charge in [-0.25, -0.2) is 8.42 Å². The Morgan fingerprint density at radius 3 is 1.34 bits per heavy atom. The number of nitrogens with one attached hydrogen (secondary N) is 1. The maximum atomic E-state index is 13.0. The smallest absolute Gasteiger partial charge is 0.369 e. The Hall–Kier alpha value is -4.07. The lowest BCUT2D eigenvalue weighted by molar-refractivity contribution is -0.385. The van der Waals surface area contributed by atoms with Crippen LogP contribution in [0.1, 0.15) is 22.3 Å². The highest BCUT2D eigenvalue weighted by atomic mass is 32.2. The van der Waals surface area contributed by atoms with Gasteiger partial charge in [0.05, 0.1) is 9.82 Å². The van der Waals surface area contributed by atoms with Crippen LogP contribution in [-0.4, -0.2) is 115 Å². The van der Waals surface area contributed by atoms with Crippen molar-refractivity contribution in [3.05, 3.63) is 105 Å². The number of halogens is 12. The van der Waals surface area contributed by atoms with Crippen LogP contribution in [0.3, 0.4) is 0 Å². The van der Waals surface area contributed by atoms with Crippen LogP contribution >= 0.6 is 0 Å². The fourth-order valence-electron chi connectivity index (χ4n) is 6.10. The molecule has 2 heterocycles. The molecular weight excluding hydrogens is 834 g/mol. The monoisotopic (exact) mass is 869 g/mol. The molecule has 0 atom stereocenters. The average Bonchev–Trinajstić information content (AvgIpc) is 3.14. The number of piperazine rings is 2. The third-order valence-electron chi connectivity index (χ3n) is 9.40. The van der Waals surface area contributed by atoms with Gasteiger partial charge in [-0.3, -0.25) is 19.9 Å². The summed E-state index contributed by atoms with van der Waals surface area (Å²) < 4.78 is 181. The average molecular weight is 870 g/mol. The summed E-state index contributed by atoms with van der Waals surface area (Å²) in [5, 5.41) is 32.8. The summed E-state index contributed by atoms with van der Waals surface area (Å²) in [5.74, 6) is 0. The van der Waals surface area contributed by atoms with Gasteiger partial charge in [0.15, 0.2) is 0 Å². The summed E-state index contributed by atoms with van der Waals surface area (Å²) in [7, 11) is -4.00. The van der Waals surface area contributed by atoms with Gasteiger partial charge in [-0.05, 0) is 17.2 Å². The summed E-state index contributed by atoms with van der Waals surface area (Å²) >= 11 is 0. The first-order valence-electron chi connectivity index (χ1n) is 16.9. The van der Waals surface area contributed by atoms with Crippen LogP contribution in [0.5, 0.6) is 0 Å². The first kappa shape index (κ1) is 46.6. The molecule has 322 valence electrons. The van der Waals surface area contributed by atoms with Gasteiger partial charge in [0.2, 0.25) is 10.0 Å². The second kappa shape index (κ2) is 17.3. The van der Waals surface area contributed by atoms with Gasteiger partial charge < -0.3 is 15.5 Å².